The van der Waals surface area contributed by atoms with Gasteiger partial charge in [0.1, 0.15) is 18.0 Å². The molecule has 0 aliphatic heterocycles. The monoisotopic (exact) mass is 257 g/mol. The molecule has 2 aromatic rings. The molecule has 1 aromatic carbocycles. The van der Waals surface area contributed by atoms with Gasteiger partial charge in [-0.2, -0.15) is 13.2 Å². The molecule has 0 radical (unpaired) electrons. The van der Waals surface area contributed by atoms with E-state index in [4.69, 9.17) is 5.73 Å². The molecule has 0 aliphatic carbocycles. The largest absolute Gasteiger partial charge is 0.434 e. The van der Waals surface area contributed by atoms with Crippen LogP contribution < -0.4 is 5.73 Å². The van der Waals surface area contributed by atoms with Gasteiger partial charge in [-0.25, -0.2) is 14.4 Å². The fraction of sp³-hybridized carbons (Fsp3) is 0.0909. The Balaban J connectivity index is 2.66. The Hall–Kier alpha value is -2.18. The number of hydrogen-bond acceptors (Lipinski definition) is 3. The van der Waals surface area contributed by atoms with E-state index in [9.17, 15) is 17.6 Å². The Morgan fingerprint density at radius 3 is 2.17 bits per heavy atom. The lowest BCUT2D eigenvalue weighted by molar-refractivity contribution is -0.140. The van der Waals surface area contributed by atoms with Crippen LogP contribution in [0.3, 0.4) is 0 Å². The molecule has 0 unspecified atom stereocenters. The molecule has 0 amide bonds. The van der Waals surface area contributed by atoms with Crippen LogP contribution in [-0.2, 0) is 6.18 Å². The standard InChI is InChI=1S/C11H7F4N3/c12-7-3-1-6(2-4-7)8-9(11(13,14)15)17-5-18-10(8)16/h1-5H,(H2,16,17,18). The first-order chi connectivity index (χ1) is 8.39. The van der Waals surface area contributed by atoms with E-state index in [0.717, 1.165) is 18.5 Å². The molecule has 1 heterocycles. The van der Waals surface area contributed by atoms with Crippen molar-refractivity contribution < 1.29 is 17.6 Å². The molecule has 2 rings (SSSR count). The molecule has 1 aromatic heterocycles. The lowest BCUT2D eigenvalue weighted by Crippen LogP contribution is -2.12. The Morgan fingerprint density at radius 2 is 1.61 bits per heavy atom. The van der Waals surface area contributed by atoms with Gasteiger partial charge < -0.3 is 5.73 Å². The minimum absolute atomic E-state index is 0.113. The molecular weight excluding hydrogens is 250 g/mol. The van der Waals surface area contributed by atoms with Crippen LogP contribution in [0.15, 0.2) is 30.6 Å². The molecule has 94 valence electrons. The number of anilines is 1. The van der Waals surface area contributed by atoms with Crippen LogP contribution in [0.2, 0.25) is 0 Å². The fourth-order valence-electron chi connectivity index (χ4n) is 1.52. The summed E-state index contributed by atoms with van der Waals surface area (Å²) in [6, 6.07) is 4.48. The minimum Gasteiger partial charge on any atom is -0.383 e. The summed E-state index contributed by atoms with van der Waals surface area (Å²) in [6.07, 6.45) is -3.91. The van der Waals surface area contributed by atoms with Crippen LogP contribution >= 0.6 is 0 Å². The third kappa shape index (κ3) is 2.24. The Labute approximate surface area is 99.3 Å². The third-order valence-corrected chi connectivity index (χ3v) is 2.28. The number of aromatic nitrogens is 2. The van der Waals surface area contributed by atoms with E-state index in [1.807, 2.05) is 0 Å². The van der Waals surface area contributed by atoms with Crippen LogP contribution in [0.1, 0.15) is 5.69 Å². The van der Waals surface area contributed by atoms with Gasteiger partial charge in [0.25, 0.3) is 0 Å². The maximum Gasteiger partial charge on any atom is 0.434 e. The number of nitrogens with two attached hydrogens (primary N) is 1. The van der Waals surface area contributed by atoms with Gasteiger partial charge in [0.05, 0.1) is 5.56 Å². The highest BCUT2D eigenvalue weighted by atomic mass is 19.4. The smallest absolute Gasteiger partial charge is 0.383 e. The number of nitrogens with zero attached hydrogens (tertiary/aromatic N) is 2. The zero-order valence-electron chi connectivity index (χ0n) is 8.87. The highest BCUT2D eigenvalue weighted by molar-refractivity contribution is 5.76. The summed E-state index contributed by atoms with van der Waals surface area (Å²) >= 11 is 0. The van der Waals surface area contributed by atoms with E-state index in [1.54, 1.807) is 0 Å². The summed E-state index contributed by atoms with van der Waals surface area (Å²) in [5.74, 6) is -0.855. The molecule has 18 heavy (non-hydrogen) atoms. The topological polar surface area (TPSA) is 51.8 Å². The average molecular weight is 257 g/mol. The quantitative estimate of drug-likeness (QED) is 0.799. The van der Waals surface area contributed by atoms with E-state index >= 15 is 0 Å². The first-order valence-corrected chi connectivity index (χ1v) is 4.83. The van der Waals surface area contributed by atoms with E-state index in [1.165, 1.54) is 12.1 Å². The normalized spacial score (nSPS) is 11.6. The zero-order chi connectivity index (χ0) is 13.3. The minimum atomic E-state index is -4.65. The lowest BCUT2D eigenvalue weighted by atomic mass is 10.0. The molecular formula is C11H7F4N3. The van der Waals surface area contributed by atoms with Crippen LogP contribution in [0.25, 0.3) is 11.1 Å². The summed E-state index contributed by atoms with van der Waals surface area (Å²) < 4.78 is 51.1. The number of alkyl halides is 3. The second-order valence-corrected chi connectivity index (χ2v) is 3.49. The number of rotatable bonds is 1. The Bertz CT molecular complexity index is 563. The van der Waals surface area contributed by atoms with Crippen molar-refractivity contribution in [2.75, 3.05) is 5.73 Å². The first kappa shape index (κ1) is 12.3. The van der Waals surface area contributed by atoms with Crippen LogP contribution in [0.4, 0.5) is 23.4 Å². The molecule has 2 N–H and O–H groups in total. The van der Waals surface area contributed by atoms with Gasteiger partial charge in [-0.3, -0.25) is 0 Å². The molecule has 0 atom stereocenters. The maximum absolute atomic E-state index is 12.8. The lowest BCUT2D eigenvalue weighted by Gasteiger charge is -2.12. The van der Waals surface area contributed by atoms with Crippen LogP contribution in [0, 0.1) is 5.82 Å². The molecule has 0 saturated carbocycles. The van der Waals surface area contributed by atoms with Crippen molar-refractivity contribution in [1.29, 1.82) is 0 Å². The average Bonchev–Trinajstić information content (AvgIpc) is 2.29. The molecule has 0 fully saturated rings. The van der Waals surface area contributed by atoms with Crippen molar-refractivity contribution >= 4 is 5.82 Å². The predicted octanol–water partition coefficient (Wildman–Crippen LogP) is 2.88. The first-order valence-electron chi connectivity index (χ1n) is 4.83. The highest BCUT2D eigenvalue weighted by Crippen LogP contribution is 2.37. The van der Waals surface area contributed by atoms with Crippen LogP contribution in [-0.4, -0.2) is 9.97 Å². The zero-order valence-corrected chi connectivity index (χ0v) is 8.87. The van der Waals surface area contributed by atoms with E-state index in [2.05, 4.69) is 9.97 Å². The van der Waals surface area contributed by atoms with Gasteiger partial charge in [0.2, 0.25) is 0 Å². The summed E-state index contributed by atoms with van der Waals surface area (Å²) in [4.78, 5) is 6.72. The molecule has 0 spiro atoms. The molecule has 7 heteroatoms. The third-order valence-electron chi connectivity index (χ3n) is 2.28. The van der Waals surface area contributed by atoms with Crippen molar-refractivity contribution in [2.45, 2.75) is 6.18 Å². The van der Waals surface area contributed by atoms with E-state index in [-0.39, 0.29) is 16.9 Å². The second kappa shape index (κ2) is 4.25. The molecule has 0 aliphatic rings. The Morgan fingerprint density at radius 1 is 1.00 bits per heavy atom. The second-order valence-electron chi connectivity index (χ2n) is 3.49. The SMILES string of the molecule is Nc1ncnc(C(F)(F)F)c1-c1ccc(F)cc1. The Kier molecular flexibility index (Phi) is 2.90. The van der Waals surface area contributed by atoms with Gasteiger partial charge in [0.15, 0.2) is 5.69 Å². The van der Waals surface area contributed by atoms with Crippen LogP contribution in [0.5, 0.6) is 0 Å². The van der Waals surface area contributed by atoms with E-state index < -0.39 is 17.7 Å². The van der Waals surface area contributed by atoms with Gasteiger partial charge in [0, 0.05) is 0 Å². The maximum atomic E-state index is 12.8. The van der Waals surface area contributed by atoms with Crippen molar-refractivity contribution in [3.05, 3.63) is 42.1 Å². The predicted molar refractivity (Wildman–Crippen MR) is 56.8 cm³/mol. The molecule has 3 nitrogen and oxygen atoms in total. The summed E-state index contributed by atoms with van der Waals surface area (Å²) in [5, 5.41) is 0. The highest BCUT2D eigenvalue weighted by Gasteiger charge is 2.36. The van der Waals surface area contributed by atoms with Gasteiger partial charge >= 0.3 is 6.18 Å². The van der Waals surface area contributed by atoms with Crippen molar-refractivity contribution in [2.24, 2.45) is 0 Å². The number of nitrogen functional groups attached to an aromatic ring is 1. The number of halogens is 4. The van der Waals surface area contributed by atoms with Gasteiger partial charge in [-0.1, -0.05) is 12.1 Å². The van der Waals surface area contributed by atoms with Crippen molar-refractivity contribution in [1.82, 2.24) is 9.97 Å². The molecule has 0 saturated heterocycles. The van der Waals surface area contributed by atoms with Gasteiger partial charge in [-0.05, 0) is 17.7 Å². The van der Waals surface area contributed by atoms with Gasteiger partial charge in [-0.15, -0.1) is 0 Å². The van der Waals surface area contributed by atoms with Crippen molar-refractivity contribution in [3.8, 4) is 11.1 Å². The van der Waals surface area contributed by atoms with E-state index in [0.29, 0.717) is 0 Å². The summed E-state index contributed by atoms with van der Waals surface area (Å²) in [6.45, 7) is 0. The summed E-state index contributed by atoms with van der Waals surface area (Å²) in [7, 11) is 0. The summed E-state index contributed by atoms with van der Waals surface area (Å²) in [5.41, 5.74) is 4.08. The number of benzene rings is 1. The molecule has 0 bridgehead atoms. The fourth-order valence-corrected chi connectivity index (χ4v) is 1.52. The number of hydrogen-bond donors (Lipinski definition) is 1. The van der Waals surface area contributed by atoms with Crippen molar-refractivity contribution in [3.63, 3.8) is 0 Å².